The van der Waals surface area contributed by atoms with E-state index in [4.69, 9.17) is 0 Å². The minimum absolute atomic E-state index is 0.152. The molecule has 106 valence electrons. The quantitative estimate of drug-likeness (QED) is 0.896. The molecule has 0 unspecified atom stereocenters. The Kier molecular flexibility index (Phi) is 3.38. The second-order valence-corrected chi connectivity index (χ2v) is 5.25. The maximum absolute atomic E-state index is 12.4. The van der Waals surface area contributed by atoms with Crippen LogP contribution in [0.15, 0.2) is 24.3 Å². The zero-order chi connectivity index (χ0) is 14.1. The summed E-state index contributed by atoms with van der Waals surface area (Å²) in [5, 5.41) is 1.30. The molecule has 0 radical (unpaired) electrons. The molecular formula is C16H21N3O. The van der Waals surface area contributed by atoms with Crippen LogP contribution in [-0.2, 0) is 13.0 Å². The summed E-state index contributed by atoms with van der Waals surface area (Å²) in [5.74, 6) is 0. The van der Waals surface area contributed by atoms with Crippen molar-refractivity contribution >= 4 is 16.9 Å². The van der Waals surface area contributed by atoms with E-state index in [1.807, 2.05) is 29.7 Å². The highest BCUT2D eigenvalue weighted by Gasteiger charge is 2.25. The summed E-state index contributed by atoms with van der Waals surface area (Å²) in [5.41, 5.74) is 3.75. The maximum atomic E-state index is 12.4. The topological polar surface area (TPSA) is 39.3 Å². The summed E-state index contributed by atoms with van der Waals surface area (Å²) >= 11 is 0. The number of aromatic nitrogens is 1. The van der Waals surface area contributed by atoms with Gasteiger partial charge in [-0.2, -0.15) is 0 Å². The number of aromatic amines is 1. The fourth-order valence-corrected chi connectivity index (χ4v) is 3.05. The first kappa shape index (κ1) is 13.0. The molecule has 4 nitrogen and oxygen atoms in total. The summed E-state index contributed by atoms with van der Waals surface area (Å²) in [6, 6.07) is 8.53. The van der Waals surface area contributed by atoms with Crippen molar-refractivity contribution in [2.45, 2.75) is 26.8 Å². The Balaban J connectivity index is 1.87. The van der Waals surface area contributed by atoms with Gasteiger partial charge in [0.25, 0.3) is 0 Å². The number of amides is 2. The van der Waals surface area contributed by atoms with Gasteiger partial charge in [0.1, 0.15) is 0 Å². The zero-order valence-electron chi connectivity index (χ0n) is 12.1. The molecule has 0 saturated heterocycles. The first-order chi connectivity index (χ1) is 9.74. The number of nitrogens with one attached hydrogen (secondary N) is 1. The van der Waals surface area contributed by atoms with E-state index in [0.717, 1.165) is 26.1 Å². The van der Waals surface area contributed by atoms with E-state index < -0.39 is 0 Å². The van der Waals surface area contributed by atoms with Crippen LogP contribution in [0.3, 0.4) is 0 Å². The molecule has 1 aromatic carbocycles. The first-order valence-corrected chi connectivity index (χ1v) is 7.36. The Labute approximate surface area is 119 Å². The van der Waals surface area contributed by atoms with Crippen molar-refractivity contribution in [2.24, 2.45) is 0 Å². The molecule has 0 fully saturated rings. The van der Waals surface area contributed by atoms with Crippen molar-refractivity contribution in [3.63, 3.8) is 0 Å². The third-order valence-corrected chi connectivity index (χ3v) is 4.19. The van der Waals surface area contributed by atoms with Crippen LogP contribution in [0.1, 0.15) is 25.1 Å². The molecule has 0 saturated carbocycles. The van der Waals surface area contributed by atoms with Gasteiger partial charge in [-0.25, -0.2) is 4.79 Å². The highest BCUT2D eigenvalue weighted by Crippen LogP contribution is 2.27. The van der Waals surface area contributed by atoms with Crippen LogP contribution < -0.4 is 0 Å². The Bertz CT molecular complexity index is 628. The monoisotopic (exact) mass is 271 g/mol. The van der Waals surface area contributed by atoms with Crippen molar-refractivity contribution in [1.29, 1.82) is 0 Å². The number of benzene rings is 1. The number of hydrogen-bond acceptors (Lipinski definition) is 1. The SMILES string of the molecule is CCN(CC)C(=O)N1CCc2c([nH]c3ccccc23)C1. The van der Waals surface area contributed by atoms with Crippen LogP contribution in [-0.4, -0.2) is 40.4 Å². The third-order valence-electron chi connectivity index (χ3n) is 4.19. The predicted molar refractivity (Wildman–Crippen MR) is 80.7 cm³/mol. The average Bonchev–Trinajstić information content (AvgIpc) is 2.86. The van der Waals surface area contributed by atoms with E-state index in [-0.39, 0.29) is 6.03 Å². The lowest BCUT2D eigenvalue weighted by Crippen LogP contribution is -2.45. The second-order valence-electron chi connectivity index (χ2n) is 5.25. The van der Waals surface area contributed by atoms with Gasteiger partial charge in [-0.15, -0.1) is 0 Å². The number of rotatable bonds is 2. The number of H-pyrrole nitrogens is 1. The van der Waals surface area contributed by atoms with Crippen molar-refractivity contribution in [2.75, 3.05) is 19.6 Å². The van der Waals surface area contributed by atoms with Crippen molar-refractivity contribution in [3.05, 3.63) is 35.5 Å². The molecule has 2 heterocycles. The van der Waals surface area contributed by atoms with Crippen molar-refractivity contribution < 1.29 is 4.79 Å². The molecule has 1 aromatic heterocycles. The van der Waals surface area contributed by atoms with Gasteiger partial charge in [-0.05, 0) is 31.9 Å². The van der Waals surface area contributed by atoms with Gasteiger partial charge in [0.05, 0.1) is 6.54 Å². The van der Waals surface area contributed by atoms with Gasteiger partial charge in [0.2, 0.25) is 0 Å². The lowest BCUT2D eigenvalue weighted by Gasteiger charge is -2.32. The maximum Gasteiger partial charge on any atom is 0.320 e. The van der Waals surface area contributed by atoms with E-state index >= 15 is 0 Å². The Morgan fingerprint density at radius 3 is 2.80 bits per heavy atom. The molecule has 1 aliphatic rings. The zero-order valence-corrected chi connectivity index (χ0v) is 12.1. The number of hydrogen-bond donors (Lipinski definition) is 1. The average molecular weight is 271 g/mol. The number of nitrogens with zero attached hydrogens (tertiary/aromatic N) is 2. The number of para-hydroxylation sites is 1. The van der Waals surface area contributed by atoms with Crippen LogP contribution in [0.4, 0.5) is 4.79 Å². The minimum atomic E-state index is 0.152. The number of carbonyl (C=O) groups excluding carboxylic acids is 1. The highest BCUT2D eigenvalue weighted by atomic mass is 16.2. The van der Waals surface area contributed by atoms with E-state index in [1.54, 1.807) is 0 Å². The van der Waals surface area contributed by atoms with Crippen LogP contribution in [0.5, 0.6) is 0 Å². The smallest absolute Gasteiger partial charge is 0.320 e. The molecule has 0 atom stereocenters. The molecule has 4 heteroatoms. The molecule has 2 amide bonds. The van der Waals surface area contributed by atoms with E-state index in [0.29, 0.717) is 6.54 Å². The van der Waals surface area contributed by atoms with Gasteiger partial charge < -0.3 is 14.8 Å². The van der Waals surface area contributed by atoms with Gasteiger partial charge >= 0.3 is 6.03 Å². The van der Waals surface area contributed by atoms with Gasteiger partial charge in [0.15, 0.2) is 0 Å². The molecule has 1 N–H and O–H groups in total. The van der Waals surface area contributed by atoms with Crippen LogP contribution >= 0.6 is 0 Å². The molecule has 0 bridgehead atoms. The molecule has 3 rings (SSSR count). The summed E-state index contributed by atoms with van der Waals surface area (Å²) in [7, 11) is 0. The standard InChI is InChI=1S/C16H21N3O/c1-3-18(4-2)16(20)19-10-9-13-12-7-5-6-8-14(12)17-15(13)11-19/h5-8,17H,3-4,9-11H2,1-2H3. The third kappa shape index (κ3) is 2.05. The fraction of sp³-hybridized carbons (Fsp3) is 0.438. The Hall–Kier alpha value is -1.97. The van der Waals surface area contributed by atoms with Gasteiger partial charge in [-0.3, -0.25) is 0 Å². The molecule has 20 heavy (non-hydrogen) atoms. The van der Waals surface area contributed by atoms with E-state index in [2.05, 4.69) is 23.2 Å². The van der Waals surface area contributed by atoms with E-state index in [1.165, 1.54) is 22.2 Å². The van der Waals surface area contributed by atoms with E-state index in [9.17, 15) is 4.79 Å². The summed E-state index contributed by atoms with van der Waals surface area (Å²) in [6.07, 6.45) is 0.937. The predicted octanol–water partition coefficient (Wildman–Crippen LogP) is 2.99. The Morgan fingerprint density at radius 1 is 1.30 bits per heavy atom. The highest BCUT2D eigenvalue weighted by molar-refractivity contribution is 5.85. The van der Waals surface area contributed by atoms with Gasteiger partial charge in [0, 0.05) is 36.2 Å². The summed E-state index contributed by atoms with van der Waals surface area (Å²) < 4.78 is 0. The summed E-state index contributed by atoms with van der Waals surface area (Å²) in [4.78, 5) is 19.7. The summed E-state index contributed by atoms with van der Waals surface area (Å²) in [6.45, 7) is 7.10. The molecule has 2 aromatic rings. The fourth-order valence-electron chi connectivity index (χ4n) is 3.05. The minimum Gasteiger partial charge on any atom is -0.357 e. The Morgan fingerprint density at radius 2 is 2.05 bits per heavy atom. The lowest BCUT2D eigenvalue weighted by molar-refractivity contribution is 0.151. The largest absolute Gasteiger partial charge is 0.357 e. The normalized spacial score (nSPS) is 14.4. The molecule has 1 aliphatic heterocycles. The van der Waals surface area contributed by atoms with Crippen molar-refractivity contribution in [3.8, 4) is 0 Å². The molecule has 0 aliphatic carbocycles. The molecule has 0 spiro atoms. The molecular weight excluding hydrogens is 250 g/mol. The van der Waals surface area contributed by atoms with Gasteiger partial charge in [-0.1, -0.05) is 18.2 Å². The van der Waals surface area contributed by atoms with Crippen molar-refractivity contribution in [1.82, 2.24) is 14.8 Å². The number of urea groups is 1. The van der Waals surface area contributed by atoms with Crippen LogP contribution in [0.2, 0.25) is 0 Å². The van der Waals surface area contributed by atoms with Crippen LogP contribution in [0, 0.1) is 0 Å². The second kappa shape index (κ2) is 5.19. The number of carbonyl (C=O) groups is 1. The van der Waals surface area contributed by atoms with Crippen LogP contribution in [0.25, 0.3) is 10.9 Å². The first-order valence-electron chi connectivity index (χ1n) is 7.36. The number of fused-ring (bicyclic) bond motifs is 3. The lowest BCUT2D eigenvalue weighted by atomic mass is 10.0.